The summed E-state index contributed by atoms with van der Waals surface area (Å²) >= 11 is 3.40. The fourth-order valence-electron chi connectivity index (χ4n) is 2.27. The van der Waals surface area contributed by atoms with E-state index >= 15 is 0 Å². The predicted octanol–water partition coefficient (Wildman–Crippen LogP) is 2.59. The Balaban J connectivity index is 2.34. The van der Waals surface area contributed by atoms with Crippen molar-refractivity contribution in [1.82, 2.24) is 5.32 Å². The average Bonchev–Trinajstić information content (AvgIpc) is 2.81. The van der Waals surface area contributed by atoms with Gasteiger partial charge in [0.05, 0.1) is 6.61 Å². The van der Waals surface area contributed by atoms with Gasteiger partial charge in [0.1, 0.15) is 5.54 Å². The molecule has 1 aromatic rings. The molecule has 1 fully saturated rings. The zero-order valence-electron chi connectivity index (χ0n) is 9.83. The summed E-state index contributed by atoms with van der Waals surface area (Å²) in [5.74, 6) is -0.167. The maximum Gasteiger partial charge on any atom is 0.330 e. The Morgan fingerprint density at radius 3 is 2.71 bits per heavy atom. The first kappa shape index (κ1) is 12.6. The quantitative estimate of drug-likeness (QED) is 0.872. The van der Waals surface area contributed by atoms with Crippen LogP contribution in [0.5, 0.6) is 0 Å². The van der Waals surface area contributed by atoms with Crippen molar-refractivity contribution in [2.45, 2.75) is 25.3 Å². The summed E-state index contributed by atoms with van der Waals surface area (Å²) in [6, 6.07) is 7.85. The zero-order chi connectivity index (χ0) is 12.3. The Hall–Kier alpha value is -0.870. The molecule has 1 atom stereocenters. The molecular weight excluding hydrogens is 282 g/mol. The first-order valence-electron chi connectivity index (χ1n) is 5.87. The van der Waals surface area contributed by atoms with Crippen molar-refractivity contribution in [2.75, 3.05) is 13.2 Å². The van der Waals surface area contributed by atoms with E-state index in [4.69, 9.17) is 4.74 Å². The van der Waals surface area contributed by atoms with Crippen LogP contribution in [0.4, 0.5) is 0 Å². The molecule has 0 amide bonds. The largest absolute Gasteiger partial charge is 0.464 e. The zero-order valence-corrected chi connectivity index (χ0v) is 11.4. The van der Waals surface area contributed by atoms with Crippen molar-refractivity contribution in [3.05, 3.63) is 34.3 Å². The van der Waals surface area contributed by atoms with E-state index < -0.39 is 5.54 Å². The summed E-state index contributed by atoms with van der Waals surface area (Å²) in [4.78, 5) is 12.2. The van der Waals surface area contributed by atoms with E-state index in [1.807, 2.05) is 31.2 Å². The van der Waals surface area contributed by atoms with Crippen LogP contribution in [0, 0.1) is 0 Å². The maximum atomic E-state index is 12.2. The highest BCUT2D eigenvalue weighted by atomic mass is 79.9. The topological polar surface area (TPSA) is 38.3 Å². The maximum absolute atomic E-state index is 12.2. The number of ether oxygens (including phenoxy) is 1. The average molecular weight is 298 g/mol. The second-order valence-electron chi connectivity index (χ2n) is 4.16. The second-order valence-corrected chi connectivity index (χ2v) is 5.08. The highest BCUT2D eigenvalue weighted by molar-refractivity contribution is 9.10. The van der Waals surface area contributed by atoms with Crippen LogP contribution in [0.15, 0.2) is 28.7 Å². The van der Waals surface area contributed by atoms with Gasteiger partial charge in [0, 0.05) is 4.47 Å². The van der Waals surface area contributed by atoms with Crippen molar-refractivity contribution in [3.63, 3.8) is 0 Å². The van der Waals surface area contributed by atoms with E-state index in [0.717, 1.165) is 29.4 Å². The van der Waals surface area contributed by atoms with Crippen molar-refractivity contribution in [3.8, 4) is 0 Å². The Morgan fingerprint density at radius 2 is 2.18 bits per heavy atom. The Bertz CT molecular complexity index is 396. The van der Waals surface area contributed by atoms with Gasteiger partial charge in [-0.25, -0.2) is 4.79 Å². The second kappa shape index (κ2) is 5.19. The van der Waals surface area contributed by atoms with Gasteiger partial charge in [-0.3, -0.25) is 5.32 Å². The standard InChI is InChI=1S/C13H16BrNO2/c1-2-17-12(16)13(8-3-9-15-13)10-4-6-11(14)7-5-10/h4-7,15H,2-3,8-9H2,1H3. The number of nitrogens with one attached hydrogen (secondary N) is 1. The van der Waals surface area contributed by atoms with Gasteiger partial charge in [-0.05, 0) is 44.0 Å². The molecule has 0 spiro atoms. The fourth-order valence-corrected chi connectivity index (χ4v) is 2.54. The monoisotopic (exact) mass is 297 g/mol. The highest BCUT2D eigenvalue weighted by Gasteiger charge is 2.43. The van der Waals surface area contributed by atoms with Crippen LogP contribution in [0.1, 0.15) is 25.3 Å². The molecule has 0 saturated carbocycles. The van der Waals surface area contributed by atoms with Crippen LogP contribution >= 0.6 is 15.9 Å². The molecule has 0 bridgehead atoms. The minimum Gasteiger partial charge on any atom is -0.464 e. The number of benzene rings is 1. The molecular formula is C13H16BrNO2. The van der Waals surface area contributed by atoms with Crippen LogP contribution in [0.2, 0.25) is 0 Å². The summed E-state index contributed by atoms with van der Waals surface area (Å²) in [5, 5.41) is 3.30. The Kier molecular flexibility index (Phi) is 3.84. The lowest BCUT2D eigenvalue weighted by atomic mass is 9.88. The summed E-state index contributed by atoms with van der Waals surface area (Å²) in [6.07, 6.45) is 1.79. The van der Waals surface area contributed by atoms with Crippen molar-refractivity contribution in [1.29, 1.82) is 0 Å². The smallest absolute Gasteiger partial charge is 0.330 e. The van der Waals surface area contributed by atoms with Crippen LogP contribution in [0.25, 0.3) is 0 Å². The molecule has 92 valence electrons. The number of halogens is 1. The van der Waals surface area contributed by atoms with Gasteiger partial charge in [0.2, 0.25) is 0 Å². The van der Waals surface area contributed by atoms with E-state index in [-0.39, 0.29) is 5.97 Å². The van der Waals surface area contributed by atoms with Gasteiger partial charge >= 0.3 is 5.97 Å². The third-order valence-corrected chi connectivity index (χ3v) is 3.64. The van der Waals surface area contributed by atoms with E-state index in [9.17, 15) is 4.79 Å². The van der Waals surface area contributed by atoms with E-state index in [0.29, 0.717) is 6.61 Å². The number of rotatable bonds is 3. The van der Waals surface area contributed by atoms with E-state index in [2.05, 4.69) is 21.2 Å². The summed E-state index contributed by atoms with van der Waals surface area (Å²) < 4.78 is 6.21. The van der Waals surface area contributed by atoms with Gasteiger partial charge in [-0.15, -0.1) is 0 Å². The summed E-state index contributed by atoms with van der Waals surface area (Å²) in [7, 11) is 0. The Labute approximate surface area is 110 Å². The highest BCUT2D eigenvalue weighted by Crippen LogP contribution is 2.33. The third-order valence-electron chi connectivity index (χ3n) is 3.12. The van der Waals surface area contributed by atoms with Crippen molar-refractivity contribution >= 4 is 21.9 Å². The number of esters is 1. The number of carbonyl (C=O) groups is 1. The normalized spacial score (nSPS) is 23.6. The lowest BCUT2D eigenvalue weighted by molar-refractivity contribution is -0.151. The van der Waals surface area contributed by atoms with Gasteiger partial charge < -0.3 is 4.74 Å². The molecule has 1 aliphatic rings. The first-order chi connectivity index (χ1) is 8.19. The third kappa shape index (κ3) is 2.38. The van der Waals surface area contributed by atoms with Gasteiger partial charge in [-0.2, -0.15) is 0 Å². The molecule has 2 rings (SSSR count). The number of hydrogen-bond donors (Lipinski definition) is 1. The van der Waals surface area contributed by atoms with Gasteiger partial charge in [0.25, 0.3) is 0 Å². The fraction of sp³-hybridized carbons (Fsp3) is 0.462. The molecule has 1 N–H and O–H groups in total. The molecule has 0 aliphatic carbocycles. The first-order valence-corrected chi connectivity index (χ1v) is 6.66. The molecule has 1 aromatic carbocycles. The Morgan fingerprint density at radius 1 is 1.47 bits per heavy atom. The van der Waals surface area contributed by atoms with Crippen LogP contribution in [-0.4, -0.2) is 19.1 Å². The number of carbonyl (C=O) groups excluding carboxylic acids is 1. The minimum absolute atomic E-state index is 0.167. The minimum atomic E-state index is -0.642. The molecule has 4 heteroatoms. The molecule has 1 unspecified atom stereocenters. The molecule has 1 saturated heterocycles. The van der Waals surface area contributed by atoms with E-state index in [1.165, 1.54) is 0 Å². The molecule has 1 aliphatic heterocycles. The van der Waals surface area contributed by atoms with Crippen LogP contribution in [-0.2, 0) is 15.1 Å². The summed E-state index contributed by atoms with van der Waals surface area (Å²) in [6.45, 7) is 3.11. The van der Waals surface area contributed by atoms with Crippen LogP contribution in [0.3, 0.4) is 0 Å². The van der Waals surface area contributed by atoms with Crippen molar-refractivity contribution in [2.24, 2.45) is 0 Å². The van der Waals surface area contributed by atoms with Crippen molar-refractivity contribution < 1.29 is 9.53 Å². The lowest BCUT2D eigenvalue weighted by Crippen LogP contribution is -2.45. The van der Waals surface area contributed by atoms with E-state index in [1.54, 1.807) is 0 Å². The summed E-state index contributed by atoms with van der Waals surface area (Å²) in [5.41, 5.74) is 0.341. The van der Waals surface area contributed by atoms with Crippen LogP contribution < -0.4 is 5.32 Å². The predicted molar refractivity (Wildman–Crippen MR) is 69.7 cm³/mol. The molecule has 1 heterocycles. The van der Waals surface area contributed by atoms with Gasteiger partial charge in [0.15, 0.2) is 0 Å². The molecule has 0 radical (unpaired) electrons. The SMILES string of the molecule is CCOC(=O)C1(c2ccc(Br)cc2)CCCN1. The molecule has 17 heavy (non-hydrogen) atoms. The molecule has 3 nitrogen and oxygen atoms in total. The lowest BCUT2D eigenvalue weighted by Gasteiger charge is -2.27. The molecule has 0 aromatic heterocycles. The van der Waals surface area contributed by atoms with Gasteiger partial charge in [-0.1, -0.05) is 28.1 Å². The number of hydrogen-bond acceptors (Lipinski definition) is 3.